The SMILES string of the molecule is Cc1ncc(C#N)c(Nc2ccc3[nH]ccc3c2C)c1/C=C/c1ccc(CNCCN2CCCCCC2)cc1. The van der Waals surface area contributed by atoms with Gasteiger partial charge in [0.1, 0.15) is 6.07 Å². The van der Waals surface area contributed by atoms with Gasteiger partial charge in [-0.05, 0) is 74.7 Å². The number of nitriles is 1. The third-order valence-electron chi connectivity index (χ3n) is 7.75. The number of benzene rings is 2. The van der Waals surface area contributed by atoms with E-state index in [0.29, 0.717) is 5.56 Å². The predicted octanol–water partition coefficient (Wildman–Crippen LogP) is 6.93. The van der Waals surface area contributed by atoms with Crippen LogP contribution in [-0.4, -0.2) is 41.0 Å². The van der Waals surface area contributed by atoms with Crippen molar-refractivity contribution in [2.75, 3.05) is 31.5 Å². The summed E-state index contributed by atoms with van der Waals surface area (Å²) in [5.74, 6) is 0. The lowest BCUT2D eigenvalue weighted by Gasteiger charge is -2.19. The van der Waals surface area contributed by atoms with Gasteiger partial charge >= 0.3 is 0 Å². The summed E-state index contributed by atoms with van der Waals surface area (Å²) in [5.41, 5.74) is 8.70. The van der Waals surface area contributed by atoms with E-state index in [1.165, 1.54) is 44.3 Å². The molecule has 6 heteroatoms. The Morgan fingerprint density at radius 1 is 1.00 bits per heavy atom. The molecule has 200 valence electrons. The van der Waals surface area contributed by atoms with E-state index in [1.54, 1.807) is 6.20 Å². The maximum Gasteiger partial charge on any atom is 0.103 e. The first kappa shape index (κ1) is 26.7. The van der Waals surface area contributed by atoms with Crippen LogP contribution in [0, 0.1) is 25.2 Å². The van der Waals surface area contributed by atoms with Gasteiger partial charge in [-0.1, -0.05) is 49.3 Å². The van der Waals surface area contributed by atoms with Crippen molar-refractivity contribution in [3.05, 3.63) is 88.4 Å². The van der Waals surface area contributed by atoms with Gasteiger partial charge in [-0.3, -0.25) is 4.98 Å². The minimum Gasteiger partial charge on any atom is -0.361 e. The van der Waals surface area contributed by atoms with E-state index in [2.05, 4.69) is 93.1 Å². The fraction of sp³-hybridized carbons (Fsp3) is 0.333. The number of nitrogens with zero attached hydrogens (tertiary/aromatic N) is 3. The molecule has 0 atom stereocenters. The van der Waals surface area contributed by atoms with E-state index in [9.17, 15) is 5.26 Å². The number of likely N-dealkylation sites (tertiary alicyclic amines) is 1. The molecule has 0 bridgehead atoms. The molecule has 3 heterocycles. The smallest absolute Gasteiger partial charge is 0.103 e. The lowest BCUT2D eigenvalue weighted by Crippen LogP contribution is -2.32. The van der Waals surface area contributed by atoms with Crippen LogP contribution in [0.1, 0.15) is 59.2 Å². The molecule has 0 unspecified atom stereocenters. The molecule has 0 spiro atoms. The second-order valence-electron chi connectivity index (χ2n) is 10.5. The first-order valence-electron chi connectivity index (χ1n) is 14.1. The van der Waals surface area contributed by atoms with Crippen LogP contribution < -0.4 is 10.6 Å². The second-order valence-corrected chi connectivity index (χ2v) is 10.5. The van der Waals surface area contributed by atoms with Crippen molar-refractivity contribution in [1.82, 2.24) is 20.2 Å². The molecule has 2 aromatic heterocycles. The molecule has 1 saturated heterocycles. The molecular formula is C33H38N6. The summed E-state index contributed by atoms with van der Waals surface area (Å²) >= 11 is 0. The lowest BCUT2D eigenvalue weighted by molar-refractivity contribution is 0.284. The molecule has 1 aliphatic heterocycles. The summed E-state index contributed by atoms with van der Waals surface area (Å²) in [4.78, 5) is 10.3. The number of aryl methyl sites for hydroxylation is 2. The Kier molecular flexibility index (Phi) is 8.72. The van der Waals surface area contributed by atoms with E-state index < -0.39 is 0 Å². The van der Waals surface area contributed by atoms with Gasteiger partial charge in [0.05, 0.1) is 11.3 Å². The molecule has 0 amide bonds. The number of anilines is 2. The minimum atomic E-state index is 0.524. The van der Waals surface area contributed by atoms with Crippen molar-refractivity contribution in [2.24, 2.45) is 0 Å². The molecule has 6 nitrogen and oxygen atoms in total. The van der Waals surface area contributed by atoms with Crippen molar-refractivity contribution >= 4 is 34.4 Å². The highest BCUT2D eigenvalue weighted by molar-refractivity contribution is 5.90. The number of nitrogens with one attached hydrogen (secondary N) is 3. The van der Waals surface area contributed by atoms with Gasteiger partial charge in [-0.25, -0.2) is 0 Å². The zero-order valence-electron chi connectivity index (χ0n) is 23.1. The highest BCUT2D eigenvalue weighted by Crippen LogP contribution is 2.32. The molecule has 5 rings (SSSR count). The summed E-state index contributed by atoms with van der Waals surface area (Å²) in [7, 11) is 0. The number of H-pyrrole nitrogens is 1. The van der Waals surface area contributed by atoms with Crippen molar-refractivity contribution in [3.8, 4) is 6.07 Å². The third kappa shape index (κ3) is 6.57. The van der Waals surface area contributed by atoms with E-state index in [4.69, 9.17) is 0 Å². The maximum absolute atomic E-state index is 9.84. The number of aromatic amines is 1. The van der Waals surface area contributed by atoms with Gasteiger partial charge in [0.25, 0.3) is 0 Å². The Balaban J connectivity index is 1.26. The third-order valence-corrected chi connectivity index (χ3v) is 7.75. The molecule has 0 aliphatic carbocycles. The van der Waals surface area contributed by atoms with Gasteiger partial charge in [0.15, 0.2) is 0 Å². The van der Waals surface area contributed by atoms with Gasteiger partial charge in [-0.2, -0.15) is 5.26 Å². The first-order valence-corrected chi connectivity index (χ1v) is 14.1. The number of rotatable bonds is 9. The molecule has 3 N–H and O–H groups in total. The highest BCUT2D eigenvalue weighted by atomic mass is 15.1. The highest BCUT2D eigenvalue weighted by Gasteiger charge is 2.13. The summed E-state index contributed by atoms with van der Waals surface area (Å²) in [6.45, 7) is 9.60. The van der Waals surface area contributed by atoms with Crippen molar-refractivity contribution in [1.29, 1.82) is 5.26 Å². The van der Waals surface area contributed by atoms with Crippen LogP contribution in [0.5, 0.6) is 0 Å². The quantitative estimate of drug-likeness (QED) is 0.209. The number of hydrogen-bond donors (Lipinski definition) is 3. The molecule has 2 aromatic carbocycles. The van der Waals surface area contributed by atoms with Crippen molar-refractivity contribution in [3.63, 3.8) is 0 Å². The Morgan fingerprint density at radius 3 is 2.56 bits per heavy atom. The fourth-order valence-corrected chi connectivity index (χ4v) is 5.35. The summed E-state index contributed by atoms with van der Waals surface area (Å²) in [5, 5.41) is 18.2. The number of hydrogen-bond acceptors (Lipinski definition) is 5. The van der Waals surface area contributed by atoms with Gasteiger partial charge < -0.3 is 20.5 Å². The molecule has 0 saturated carbocycles. The van der Waals surface area contributed by atoms with Gasteiger partial charge in [0.2, 0.25) is 0 Å². The largest absolute Gasteiger partial charge is 0.361 e. The van der Waals surface area contributed by atoms with Crippen LogP contribution in [0.25, 0.3) is 23.1 Å². The van der Waals surface area contributed by atoms with Crippen molar-refractivity contribution in [2.45, 2.75) is 46.1 Å². The number of fused-ring (bicyclic) bond motifs is 1. The number of pyridine rings is 1. The summed E-state index contributed by atoms with van der Waals surface area (Å²) < 4.78 is 0. The van der Waals surface area contributed by atoms with E-state index in [0.717, 1.165) is 64.3 Å². The average Bonchev–Trinajstić information content (AvgIpc) is 3.29. The van der Waals surface area contributed by atoms with Crippen LogP contribution in [0.2, 0.25) is 0 Å². The van der Waals surface area contributed by atoms with Gasteiger partial charge in [0, 0.05) is 59.9 Å². The van der Waals surface area contributed by atoms with E-state index in [1.807, 2.05) is 13.1 Å². The second kappa shape index (κ2) is 12.8. The molecular weight excluding hydrogens is 480 g/mol. The average molecular weight is 519 g/mol. The van der Waals surface area contributed by atoms with Crippen molar-refractivity contribution < 1.29 is 0 Å². The zero-order chi connectivity index (χ0) is 27.0. The van der Waals surface area contributed by atoms with Crippen LogP contribution in [0.3, 0.4) is 0 Å². The first-order chi connectivity index (χ1) is 19.1. The van der Waals surface area contributed by atoms with Crippen LogP contribution in [0.15, 0.2) is 54.9 Å². The molecule has 1 aliphatic rings. The summed E-state index contributed by atoms with van der Waals surface area (Å²) in [6.07, 6.45) is 13.2. The fourth-order valence-electron chi connectivity index (χ4n) is 5.35. The van der Waals surface area contributed by atoms with Crippen LogP contribution in [-0.2, 0) is 6.54 Å². The molecule has 4 aromatic rings. The topological polar surface area (TPSA) is 79.8 Å². The predicted molar refractivity (Wildman–Crippen MR) is 162 cm³/mol. The number of aromatic nitrogens is 2. The van der Waals surface area contributed by atoms with E-state index in [-0.39, 0.29) is 0 Å². The zero-order valence-corrected chi connectivity index (χ0v) is 23.1. The Bertz CT molecular complexity index is 1470. The normalized spacial score (nSPS) is 14.5. The van der Waals surface area contributed by atoms with Crippen LogP contribution in [0.4, 0.5) is 11.4 Å². The maximum atomic E-state index is 9.84. The Morgan fingerprint density at radius 2 is 1.79 bits per heavy atom. The monoisotopic (exact) mass is 518 g/mol. The minimum absolute atomic E-state index is 0.524. The molecule has 1 fully saturated rings. The molecule has 0 radical (unpaired) electrons. The van der Waals surface area contributed by atoms with Crippen LogP contribution >= 0.6 is 0 Å². The van der Waals surface area contributed by atoms with E-state index >= 15 is 0 Å². The summed E-state index contributed by atoms with van der Waals surface area (Å²) in [6, 6.07) is 17.2. The Labute approximate surface area is 231 Å². The Hall–Kier alpha value is -3.92. The van der Waals surface area contributed by atoms with Gasteiger partial charge in [-0.15, -0.1) is 0 Å². The molecule has 39 heavy (non-hydrogen) atoms. The lowest BCUT2D eigenvalue weighted by atomic mass is 10.0. The standard InChI is InChI=1S/C33H38N6/c1-24-29-15-16-36-32(29)14-13-31(24)38-33-28(21-34)23-37-25(2)30(33)12-11-26-7-9-27(10-8-26)22-35-17-20-39-18-5-3-4-6-19-39/h7-16,23,35-36H,3-6,17-20,22H2,1-2H3,(H,37,38)/b12-11+.